The maximum atomic E-state index is 11.8. The van der Waals surface area contributed by atoms with Gasteiger partial charge in [-0.15, -0.1) is 0 Å². The Labute approximate surface area is 91.7 Å². The van der Waals surface area contributed by atoms with Crippen molar-refractivity contribution in [2.24, 2.45) is 0 Å². The number of nitriles is 1. The third-order valence-electron chi connectivity index (χ3n) is 2.80. The number of carbonyl (C=O) groups excluding carboxylic acids is 1. The molecule has 2 rings (SSSR count). The molecule has 2 aliphatic heterocycles. The number of fused-ring (bicyclic) bond motifs is 2. The van der Waals surface area contributed by atoms with Gasteiger partial charge in [0.25, 0.3) is 0 Å². The van der Waals surface area contributed by atoms with Crippen LogP contribution in [0.2, 0.25) is 0 Å². The molecule has 1 N–H and O–H groups in total. The van der Waals surface area contributed by atoms with E-state index in [2.05, 4.69) is 6.07 Å². The Kier molecular flexibility index (Phi) is 2.66. The van der Waals surface area contributed by atoms with Gasteiger partial charge < -0.3 is 10.0 Å². The summed E-state index contributed by atoms with van der Waals surface area (Å²) in [7, 11) is 0. The van der Waals surface area contributed by atoms with E-state index in [1.165, 1.54) is 4.90 Å². The smallest absolute Gasteiger partial charge is 0.345 e. The van der Waals surface area contributed by atoms with Crippen molar-refractivity contribution in [3.05, 3.63) is 0 Å². The van der Waals surface area contributed by atoms with Gasteiger partial charge in [0.15, 0.2) is 6.61 Å². The van der Waals surface area contributed by atoms with Crippen molar-refractivity contribution >= 4 is 12.0 Å². The molecule has 0 saturated carbocycles. The van der Waals surface area contributed by atoms with Crippen LogP contribution < -0.4 is 0 Å². The Bertz CT molecular complexity index is 364. The van der Waals surface area contributed by atoms with Gasteiger partial charge in [-0.3, -0.25) is 4.84 Å². The van der Waals surface area contributed by atoms with Crippen molar-refractivity contribution in [1.82, 2.24) is 9.96 Å². The predicted molar refractivity (Wildman–Crippen MR) is 50.0 cm³/mol. The van der Waals surface area contributed by atoms with Gasteiger partial charge in [-0.2, -0.15) is 10.3 Å². The van der Waals surface area contributed by atoms with Gasteiger partial charge in [-0.05, 0) is 12.8 Å². The van der Waals surface area contributed by atoms with E-state index in [1.54, 1.807) is 0 Å². The molecule has 0 spiro atoms. The fourth-order valence-corrected chi connectivity index (χ4v) is 2.06. The third-order valence-corrected chi connectivity index (χ3v) is 2.80. The molecule has 86 valence electrons. The standard InChI is InChI=1S/C9H11N3O4/c10-3-6-1-2-7-4-11(6)9(15)12(7)16-5-8(13)14/h6-7H,1-2,4-5H2,(H,13,14)/t6-,7+/m0/s1. The van der Waals surface area contributed by atoms with Crippen molar-refractivity contribution in [1.29, 1.82) is 5.26 Å². The molecule has 2 heterocycles. The molecule has 16 heavy (non-hydrogen) atoms. The molecule has 0 aliphatic carbocycles. The number of hydrogen-bond acceptors (Lipinski definition) is 4. The number of hydroxylamine groups is 2. The first-order valence-corrected chi connectivity index (χ1v) is 4.97. The van der Waals surface area contributed by atoms with E-state index in [-0.39, 0.29) is 6.04 Å². The Morgan fingerprint density at radius 2 is 2.38 bits per heavy atom. The maximum absolute atomic E-state index is 11.8. The highest BCUT2D eigenvalue weighted by molar-refractivity contribution is 5.77. The van der Waals surface area contributed by atoms with Crippen LogP contribution >= 0.6 is 0 Å². The summed E-state index contributed by atoms with van der Waals surface area (Å²) in [5.74, 6) is -1.12. The van der Waals surface area contributed by atoms with Gasteiger partial charge in [0.2, 0.25) is 0 Å². The van der Waals surface area contributed by atoms with E-state index >= 15 is 0 Å². The zero-order valence-corrected chi connectivity index (χ0v) is 8.50. The quantitative estimate of drug-likeness (QED) is 0.717. The van der Waals surface area contributed by atoms with E-state index < -0.39 is 24.6 Å². The van der Waals surface area contributed by atoms with E-state index in [1.807, 2.05) is 0 Å². The van der Waals surface area contributed by atoms with Crippen LogP contribution in [0.3, 0.4) is 0 Å². The fourth-order valence-electron chi connectivity index (χ4n) is 2.06. The molecule has 7 heteroatoms. The second-order valence-corrected chi connectivity index (χ2v) is 3.80. The summed E-state index contributed by atoms with van der Waals surface area (Å²) in [6, 6.07) is 1.10. The average Bonchev–Trinajstić information content (AvgIpc) is 2.50. The monoisotopic (exact) mass is 225 g/mol. The first-order chi connectivity index (χ1) is 7.63. The van der Waals surface area contributed by atoms with Crippen LogP contribution in [0, 0.1) is 11.3 Å². The molecule has 2 aliphatic rings. The first-order valence-electron chi connectivity index (χ1n) is 4.97. The van der Waals surface area contributed by atoms with Gasteiger partial charge >= 0.3 is 12.0 Å². The first kappa shape index (κ1) is 10.7. The zero-order valence-electron chi connectivity index (χ0n) is 8.50. The second-order valence-electron chi connectivity index (χ2n) is 3.80. The number of piperidine rings is 1. The Morgan fingerprint density at radius 1 is 1.62 bits per heavy atom. The summed E-state index contributed by atoms with van der Waals surface area (Å²) >= 11 is 0. The summed E-state index contributed by atoms with van der Waals surface area (Å²) in [5, 5.41) is 18.4. The fraction of sp³-hybridized carbons (Fsp3) is 0.667. The SMILES string of the molecule is N#C[C@@H]1CC[C@@H]2CN1C(=O)N2OCC(=O)O. The molecular formula is C9H11N3O4. The number of carboxylic acids is 1. The number of carbonyl (C=O) groups is 2. The van der Waals surface area contributed by atoms with Crippen LogP contribution in [0.5, 0.6) is 0 Å². The van der Waals surface area contributed by atoms with Gasteiger partial charge in [0, 0.05) is 6.54 Å². The number of rotatable bonds is 3. The van der Waals surface area contributed by atoms with E-state index in [0.717, 1.165) is 5.06 Å². The Hall–Kier alpha value is -1.81. The molecule has 2 amide bonds. The summed E-state index contributed by atoms with van der Waals surface area (Å²) in [6.07, 6.45) is 1.28. The number of aliphatic carboxylic acids is 1. The number of carboxylic acid groups (broad SMARTS) is 1. The van der Waals surface area contributed by atoms with Crippen LogP contribution in [0.4, 0.5) is 4.79 Å². The van der Waals surface area contributed by atoms with Crippen molar-refractivity contribution in [2.45, 2.75) is 24.9 Å². The van der Waals surface area contributed by atoms with Crippen LogP contribution in [-0.2, 0) is 9.63 Å². The summed E-state index contributed by atoms with van der Waals surface area (Å²) < 4.78 is 0. The van der Waals surface area contributed by atoms with Crippen LogP contribution in [0.25, 0.3) is 0 Å². The molecule has 0 aromatic heterocycles. The lowest BCUT2D eigenvalue weighted by Gasteiger charge is -2.24. The van der Waals surface area contributed by atoms with Crippen molar-refractivity contribution in [3.63, 3.8) is 0 Å². The van der Waals surface area contributed by atoms with Gasteiger partial charge in [-0.25, -0.2) is 9.59 Å². The van der Waals surface area contributed by atoms with Crippen LogP contribution in [0.15, 0.2) is 0 Å². The van der Waals surface area contributed by atoms with Crippen molar-refractivity contribution in [3.8, 4) is 6.07 Å². The second kappa shape index (κ2) is 3.98. The van der Waals surface area contributed by atoms with Crippen molar-refractivity contribution < 1.29 is 19.5 Å². The lowest BCUT2D eigenvalue weighted by Crippen LogP contribution is -2.38. The highest BCUT2D eigenvalue weighted by atomic mass is 16.7. The Morgan fingerprint density at radius 3 is 3.00 bits per heavy atom. The maximum Gasteiger partial charge on any atom is 0.345 e. The van der Waals surface area contributed by atoms with Crippen molar-refractivity contribution in [2.75, 3.05) is 13.2 Å². The summed E-state index contributed by atoms with van der Waals surface area (Å²) in [6.45, 7) is -0.0933. The topological polar surface area (TPSA) is 93.9 Å². The average molecular weight is 225 g/mol. The molecular weight excluding hydrogens is 214 g/mol. The largest absolute Gasteiger partial charge is 0.479 e. The van der Waals surface area contributed by atoms with E-state index in [9.17, 15) is 9.59 Å². The Balaban J connectivity index is 2.05. The molecule has 0 radical (unpaired) electrons. The third kappa shape index (κ3) is 1.67. The van der Waals surface area contributed by atoms with Gasteiger partial charge in [0.05, 0.1) is 12.1 Å². The number of hydrogen-bond donors (Lipinski definition) is 1. The predicted octanol–water partition coefficient (Wildman–Crippen LogP) is -0.205. The molecule has 0 aromatic carbocycles. The number of nitrogens with zero attached hydrogens (tertiary/aromatic N) is 3. The number of urea groups is 1. The molecule has 2 saturated heterocycles. The van der Waals surface area contributed by atoms with Crippen LogP contribution in [0.1, 0.15) is 12.8 Å². The minimum Gasteiger partial charge on any atom is -0.479 e. The summed E-state index contributed by atoms with van der Waals surface area (Å²) in [4.78, 5) is 28.4. The lowest BCUT2D eigenvalue weighted by molar-refractivity contribution is -0.167. The normalized spacial score (nSPS) is 28.1. The zero-order chi connectivity index (χ0) is 11.7. The van der Waals surface area contributed by atoms with Gasteiger partial charge in [0.1, 0.15) is 6.04 Å². The van der Waals surface area contributed by atoms with E-state index in [0.29, 0.717) is 19.4 Å². The molecule has 2 fully saturated rings. The molecule has 7 nitrogen and oxygen atoms in total. The van der Waals surface area contributed by atoms with Gasteiger partial charge in [-0.1, -0.05) is 0 Å². The highest BCUT2D eigenvalue weighted by Gasteiger charge is 2.45. The summed E-state index contributed by atoms with van der Waals surface area (Å²) in [5.41, 5.74) is 0. The van der Waals surface area contributed by atoms with Crippen LogP contribution in [-0.4, -0.2) is 52.3 Å². The minimum absolute atomic E-state index is 0.128. The lowest BCUT2D eigenvalue weighted by atomic mass is 10.0. The minimum atomic E-state index is -1.12. The van der Waals surface area contributed by atoms with E-state index in [4.69, 9.17) is 15.2 Å². The molecule has 2 bridgehead atoms. The molecule has 0 aromatic rings. The molecule has 2 atom stereocenters. The number of amides is 2. The highest BCUT2D eigenvalue weighted by Crippen LogP contribution is 2.29. The molecule has 0 unspecified atom stereocenters.